The number of ether oxygens (including phenoxy) is 1. The zero-order chi connectivity index (χ0) is 27.4. The number of amides is 1. The number of carbonyl (C=O) groups excluding carboxylic acids is 1. The highest BCUT2D eigenvalue weighted by molar-refractivity contribution is 7.89. The lowest BCUT2D eigenvalue weighted by molar-refractivity contribution is -0.131. The molecule has 0 radical (unpaired) electrons. The summed E-state index contributed by atoms with van der Waals surface area (Å²) in [6.07, 6.45) is -0.919. The van der Waals surface area contributed by atoms with Gasteiger partial charge in [0.05, 0.1) is 23.1 Å². The van der Waals surface area contributed by atoms with Gasteiger partial charge in [-0.3, -0.25) is 4.79 Å². The van der Waals surface area contributed by atoms with Crippen LogP contribution in [0.25, 0.3) is 0 Å². The number of sulfonamides is 1. The lowest BCUT2D eigenvalue weighted by Gasteiger charge is -2.36. The molecule has 1 aliphatic heterocycles. The number of carboxylic acids is 1. The van der Waals surface area contributed by atoms with Crippen LogP contribution in [0.15, 0.2) is 47.4 Å². The molecule has 1 fully saturated rings. The van der Waals surface area contributed by atoms with Crippen LogP contribution in [0.4, 0.5) is 13.2 Å². The predicted octanol–water partition coefficient (Wildman–Crippen LogP) is 3.77. The number of benzene rings is 2. The van der Waals surface area contributed by atoms with Crippen LogP contribution in [0.5, 0.6) is 5.75 Å². The first kappa shape index (κ1) is 28.5. The van der Waals surface area contributed by atoms with E-state index in [9.17, 15) is 31.2 Å². The summed E-state index contributed by atoms with van der Waals surface area (Å²) in [4.78, 5) is 23.7. The zero-order valence-electron chi connectivity index (χ0n) is 20.4. The number of carbonyl (C=O) groups is 2. The van der Waals surface area contributed by atoms with Crippen molar-refractivity contribution in [3.05, 3.63) is 59.7 Å². The zero-order valence-corrected chi connectivity index (χ0v) is 21.2. The number of piperidine rings is 1. The van der Waals surface area contributed by atoms with Crippen LogP contribution < -0.4 is 10.1 Å². The highest BCUT2D eigenvalue weighted by atomic mass is 32.2. The number of carboxylic acid groups (broad SMARTS) is 1. The van der Waals surface area contributed by atoms with Gasteiger partial charge in [-0.25, -0.2) is 26.4 Å². The molecular weight excluding hydrogens is 513 g/mol. The summed E-state index contributed by atoms with van der Waals surface area (Å²) in [6.45, 7) is 2.90. The number of halogens is 3. The maximum Gasteiger partial charge on any atom is 0.335 e. The first-order valence-corrected chi connectivity index (χ1v) is 13.1. The molecule has 0 aromatic heterocycles. The predicted molar refractivity (Wildman–Crippen MR) is 128 cm³/mol. The minimum Gasteiger partial charge on any atom is -0.490 e. The summed E-state index contributed by atoms with van der Waals surface area (Å²) in [5.41, 5.74) is -0.988. The molecule has 2 atom stereocenters. The third-order valence-electron chi connectivity index (χ3n) is 6.27. The van der Waals surface area contributed by atoms with Crippen molar-refractivity contribution in [1.82, 2.24) is 9.62 Å². The van der Waals surface area contributed by atoms with Gasteiger partial charge in [-0.15, -0.1) is 0 Å². The van der Waals surface area contributed by atoms with Crippen LogP contribution in [0, 0.1) is 17.0 Å². The van der Waals surface area contributed by atoms with Gasteiger partial charge in [0.15, 0.2) is 11.6 Å². The average molecular weight is 543 g/mol. The minimum absolute atomic E-state index is 0.0259. The summed E-state index contributed by atoms with van der Waals surface area (Å²) in [6, 6.07) is 6.64. The van der Waals surface area contributed by atoms with Gasteiger partial charge in [0, 0.05) is 24.6 Å². The largest absolute Gasteiger partial charge is 0.490 e. The average Bonchev–Trinajstić information content (AvgIpc) is 2.85. The highest BCUT2D eigenvalue weighted by Crippen LogP contribution is 2.27. The summed E-state index contributed by atoms with van der Waals surface area (Å²) in [5.74, 6) is -3.16. The quantitative estimate of drug-likeness (QED) is 0.442. The normalized spacial score (nSPS) is 18.8. The Hall–Kier alpha value is -3.12. The van der Waals surface area contributed by atoms with Crippen molar-refractivity contribution in [3.8, 4) is 5.75 Å². The third kappa shape index (κ3) is 7.01. The van der Waals surface area contributed by atoms with Crippen molar-refractivity contribution >= 4 is 21.9 Å². The maximum atomic E-state index is 14.9. The SMILES string of the molecule is CC(C)(CCCOc1cc(F)ccc1F)C(=O)N[C@H]1CCN(S(=O)(=O)c2ccc(C(=O)O)cc2)C[C@@H]1F. The molecule has 0 aliphatic carbocycles. The van der Waals surface area contributed by atoms with E-state index in [1.165, 1.54) is 0 Å². The molecule has 2 N–H and O–H groups in total. The van der Waals surface area contributed by atoms with Gasteiger partial charge in [-0.05, 0) is 55.7 Å². The number of nitrogens with one attached hydrogen (secondary N) is 1. The molecule has 8 nitrogen and oxygen atoms in total. The molecule has 1 amide bonds. The standard InChI is InChI=1S/C25H29F3N2O6S/c1-25(2,11-3-13-36-22-14-17(26)6-9-19(22)27)24(33)29-21-10-12-30(15-20(21)28)37(34,35)18-7-4-16(5-8-18)23(31)32/h4-9,14,20-21H,3,10-13,15H2,1-2H3,(H,29,33)(H,31,32)/t20-,21-/m0/s1. The lowest BCUT2D eigenvalue weighted by Crippen LogP contribution is -2.55. The molecule has 1 heterocycles. The fraction of sp³-hybridized carbons (Fsp3) is 0.440. The molecule has 12 heteroatoms. The van der Waals surface area contributed by atoms with Gasteiger partial charge in [0.2, 0.25) is 15.9 Å². The molecule has 2 aromatic rings. The van der Waals surface area contributed by atoms with Crippen LogP contribution in [-0.4, -0.2) is 61.6 Å². The van der Waals surface area contributed by atoms with Gasteiger partial charge in [-0.1, -0.05) is 13.8 Å². The summed E-state index contributed by atoms with van der Waals surface area (Å²) in [7, 11) is -4.04. The Kier molecular flexibility index (Phi) is 8.85. The van der Waals surface area contributed by atoms with Crippen LogP contribution in [0.2, 0.25) is 0 Å². The first-order valence-electron chi connectivity index (χ1n) is 11.7. The highest BCUT2D eigenvalue weighted by Gasteiger charge is 2.38. The lowest BCUT2D eigenvalue weighted by atomic mass is 9.86. The smallest absolute Gasteiger partial charge is 0.335 e. The molecule has 202 valence electrons. The van der Waals surface area contributed by atoms with E-state index in [-0.39, 0.29) is 35.8 Å². The number of nitrogens with zero attached hydrogens (tertiary/aromatic N) is 1. The monoisotopic (exact) mass is 542 g/mol. The van der Waals surface area contributed by atoms with Crippen LogP contribution in [-0.2, 0) is 14.8 Å². The van der Waals surface area contributed by atoms with Crippen LogP contribution in [0.1, 0.15) is 43.5 Å². The van der Waals surface area contributed by atoms with Gasteiger partial charge in [0.25, 0.3) is 0 Å². The Morgan fingerprint density at radius 2 is 1.84 bits per heavy atom. The van der Waals surface area contributed by atoms with Crippen LogP contribution >= 0.6 is 0 Å². The molecule has 3 rings (SSSR count). The van der Waals surface area contributed by atoms with E-state index in [1.54, 1.807) is 13.8 Å². The number of alkyl halides is 1. The molecule has 0 unspecified atom stereocenters. The molecule has 1 saturated heterocycles. The fourth-order valence-corrected chi connectivity index (χ4v) is 5.40. The molecule has 2 aromatic carbocycles. The van der Waals surface area contributed by atoms with E-state index in [0.717, 1.165) is 46.8 Å². The van der Waals surface area contributed by atoms with Gasteiger partial charge < -0.3 is 15.2 Å². The summed E-state index contributed by atoms with van der Waals surface area (Å²) < 4.78 is 73.8. The van der Waals surface area contributed by atoms with Gasteiger partial charge in [0.1, 0.15) is 12.0 Å². The first-order chi connectivity index (χ1) is 17.3. The van der Waals surface area contributed by atoms with E-state index in [0.29, 0.717) is 12.8 Å². The van der Waals surface area contributed by atoms with Crippen molar-refractivity contribution < 1.29 is 41.0 Å². The van der Waals surface area contributed by atoms with Crippen molar-refractivity contribution in [2.45, 2.75) is 50.2 Å². The summed E-state index contributed by atoms with van der Waals surface area (Å²) in [5, 5.41) is 11.6. The molecule has 0 spiro atoms. The second kappa shape index (κ2) is 11.5. The minimum atomic E-state index is -4.04. The van der Waals surface area contributed by atoms with Crippen LogP contribution in [0.3, 0.4) is 0 Å². The van der Waals surface area contributed by atoms with Crippen molar-refractivity contribution in [1.29, 1.82) is 0 Å². The third-order valence-corrected chi connectivity index (χ3v) is 8.15. The van der Waals surface area contributed by atoms with Crippen molar-refractivity contribution in [2.24, 2.45) is 5.41 Å². The Morgan fingerprint density at radius 3 is 2.46 bits per heavy atom. The number of hydrogen-bond acceptors (Lipinski definition) is 5. The number of rotatable bonds is 10. The second-order valence-corrected chi connectivity index (χ2v) is 11.4. The molecule has 0 saturated carbocycles. The Bertz CT molecular complexity index is 1240. The number of aromatic carboxylic acids is 1. The Morgan fingerprint density at radius 1 is 1.16 bits per heavy atom. The van der Waals surface area contributed by atoms with Crippen molar-refractivity contribution in [2.75, 3.05) is 19.7 Å². The fourth-order valence-electron chi connectivity index (χ4n) is 3.94. The molecule has 1 aliphatic rings. The van der Waals surface area contributed by atoms with E-state index in [2.05, 4.69) is 5.32 Å². The van der Waals surface area contributed by atoms with Gasteiger partial charge >= 0.3 is 5.97 Å². The Balaban J connectivity index is 1.51. The second-order valence-electron chi connectivity index (χ2n) is 9.49. The topological polar surface area (TPSA) is 113 Å². The van der Waals surface area contributed by atoms with E-state index in [4.69, 9.17) is 9.84 Å². The number of hydrogen-bond donors (Lipinski definition) is 2. The summed E-state index contributed by atoms with van der Waals surface area (Å²) >= 11 is 0. The Labute approximate surface area is 213 Å². The molecule has 37 heavy (non-hydrogen) atoms. The maximum absolute atomic E-state index is 14.9. The molecular formula is C25H29F3N2O6S. The van der Waals surface area contributed by atoms with E-state index in [1.807, 2.05) is 0 Å². The van der Waals surface area contributed by atoms with Gasteiger partial charge in [-0.2, -0.15) is 4.31 Å². The van der Waals surface area contributed by atoms with E-state index < -0.39 is 57.7 Å². The van der Waals surface area contributed by atoms with E-state index >= 15 is 0 Å². The molecule has 0 bridgehead atoms. The van der Waals surface area contributed by atoms with Crippen molar-refractivity contribution in [3.63, 3.8) is 0 Å².